The van der Waals surface area contributed by atoms with Gasteiger partial charge in [-0.1, -0.05) is 25.1 Å². The van der Waals surface area contributed by atoms with Gasteiger partial charge in [0.1, 0.15) is 5.82 Å². The zero-order chi connectivity index (χ0) is 19.9. The first kappa shape index (κ1) is 20.5. The topological polar surface area (TPSA) is 62.3 Å². The molecule has 0 spiro atoms. The maximum atomic E-state index is 13.8. The summed E-state index contributed by atoms with van der Waals surface area (Å²) in [5, 5.41) is 5.94. The Balaban J connectivity index is 1.55. The van der Waals surface area contributed by atoms with Crippen molar-refractivity contribution in [2.45, 2.75) is 44.9 Å². The average Bonchev–Trinajstić information content (AvgIpc) is 3.18. The first-order valence-corrected chi connectivity index (χ1v) is 10.7. The Hall–Kier alpha value is -2.28. The zero-order valence-corrected chi connectivity index (χ0v) is 16.9. The summed E-state index contributed by atoms with van der Waals surface area (Å²) in [6, 6.07) is 6.44. The van der Waals surface area contributed by atoms with Crippen molar-refractivity contribution in [1.29, 1.82) is 0 Å². The number of hydrogen-bond acceptors (Lipinski definition) is 4. The summed E-state index contributed by atoms with van der Waals surface area (Å²) in [7, 11) is 0. The third-order valence-electron chi connectivity index (χ3n) is 5.02. The lowest BCUT2D eigenvalue weighted by atomic mass is 9.98. The van der Waals surface area contributed by atoms with Crippen LogP contribution in [0.25, 0.3) is 0 Å². The maximum Gasteiger partial charge on any atom is 0.227 e. The van der Waals surface area contributed by atoms with E-state index < -0.39 is 0 Å². The third kappa shape index (κ3) is 5.38. The summed E-state index contributed by atoms with van der Waals surface area (Å²) in [4.78, 5) is 30.5. The molecule has 1 saturated heterocycles. The van der Waals surface area contributed by atoms with Gasteiger partial charge in [-0.2, -0.15) is 0 Å². The van der Waals surface area contributed by atoms with E-state index in [0.29, 0.717) is 38.0 Å². The lowest BCUT2D eigenvalue weighted by Gasteiger charge is -2.32. The molecular weight excluding hydrogens is 377 g/mol. The molecule has 1 fully saturated rings. The molecule has 0 unspecified atom stereocenters. The third-order valence-corrected chi connectivity index (χ3v) is 6.07. The minimum Gasteiger partial charge on any atom is -0.356 e. The summed E-state index contributed by atoms with van der Waals surface area (Å²) >= 11 is 1.62. The molecule has 0 aliphatic carbocycles. The fraction of sp³-hybridized carbons (Fsp3) is 0.476. The second-order valence-corrected chi connectivity index (χ2v) is 7.97. The lowest BCUT2D eigenvalue weighted by molar-refractivity contribution is -0.131. The molecule has 28 heavy (non-hydrogen) atoms. The molecule has 0 saturated carbocycles. The SMILES string of the molecule is CCC(=O)NCCc1csc([C@@H]2CCCN(C(=O)Cc3ccccc3F)C2)n1. The summed E-state index contributed by atoms with van der Waals surface area (Å²) in [5.74, 6) is -0.0907. The number of carbonyl (C=O) groups excluding carboxylic acids is 2. The Bertz CT molecular complexity index is 823. The summed E-state index contributed by atoms with van der Waals surface area (Å²) in [5.41, 5.74) is 1.42. The van der Waals surface area contributed by atoms with Gasteiger partial charge in [0.2, 0.25) is 11.8 Å². The summed E-state index contributed by atoms with van der Waals surface area (Å²) < 4.78 is 13.8. The van der Waals surface area contributed by atoms with Crippen LogP contribution in [0, 0.1) is 5.82 Å². The van der Waals surface area contributed by atoms with Gasteiger partial charge in [0.25, 0.3) is 0 Å². The van der Waals surface area contributed by atoms with Crippen LogP contribution in [0.5, 0.6) is 0 Å². The number of hydrogen-bond donors (Lipinski definition) is 1. The highest BCUT2D eigenvalue weighted by Crippen LogP contribution is 2.29. The van der Waals surface area contributed by atoms with Crippen molar-refractivity contribution in [3.05, 3.63) is 51.7 Å². The van der Waals surface area contributed by atoms with Gasteiger partial charge < -0.3 is 10.2 Å². The van der Waals surface area contributed by atoms with Crippen LogP contribution >= 0.6 is 11.3 Å². The molecule has 2 amide bonds. The second kappa shape index (κ2) is 9.78. The van der Waals surface area contributed by atoms with Crippen molar-refractivity contribution in [1.82, 2.24) is 15.2 Å². The van der Waals surface area contributed by atoms with Crippen LogP contribution in [0.1, 0.15) is 48.4 Å². The molecule has 5 nitrogen and oxygen atoms in total. The number of piperidine rings is 1. The molecule has 1 aliphatic rings. The molecule has 1 atom stereocenters. The number of nitrogens with zero attached hydrogens (tertiary/aromatic N) is 2. The van der Waals surface area contributed by atoms with E-state index in [9.17, 15) is 14.0 Å². The molecule has 1 aliphatic heterocycles. The van der Waals surface area contributed by atoms with E-state index in [-0.39, 0.29) is 30.0 Å². The first-order valence-electron chi connectivity index (χ1n) is 9.79. The molecule has 2 heterocycles. The van der Waals surface area contributed by atoms with E-state index in [0.717, 1.165) is 23.5 Å². The highest BCUT2D eigenvalue weighted by molar-refractivity contribution is 7.09. The summed E-state index contributed by atoms with van der Waals surface area (Å²) in [6.07, 6.45) is 3.23. The summed E-state index contributed by atoms with van der Waals surface area (Å²) in [6.45, 7) is 3.77. The number of rotatable bonds is 7. The molecule has 0 radical (unpaired) electrons. The van der Waals surface area contributed by atoms with Crippen LogP contribution in [0.15, 0.2) is 29.6 Å². The van der Waals surface area contributed by atoms with Crippen LogP contribution in [0.3, 0.4) is 0 Å². The number of aromatic nitrogens is 1. The van der Waals surface area contributed by atoms with Crippen molar-refractivity contribution in [3.63, 3.8) is 0 Å². The number of halogens is 1. The van der Waals surface area contributed by atoms with Crippen molar-refractivity contribution in [2.24, 2.45) is 0 Å². The molecule has 1 aromatic carbocycles. The van der Waals surface area contributed by atoms with Gasteiger partial charge >= 0.3 is 0 Å². The molecule has 1 N–H and O–H groups in total. The molecule has 150 valence electrons. The maximum absolute atomic E-state index is 13.8. The Labute approximate surface area is 169 Å². The van der Waals surface area contributed by atoms with Crippen LogP contribution in [0.2, 0.25) is 0 Å². The Morgan fingerprint density at radius 1 is 1.36 bits per heavy atom. The molecule has 2 aromatic rings. The fourth-order valence-corrected chi connectivity index (χ4v) is 4.38. The molecule has 7 heteroatoms. The zero-order valence-electron chi connectivity index (χ0n) is 16.1. The number of benzene rings is 1. The van der Waals surface area contributed by atoms with Crippen molar-refractivity contribution >= 4 is 23.2 Å². The Kier molecular flexibility index (Phi) is 7.14. The van der Waals surface area contributed by atoms with Gasteiger partial charge in [0.05, 0.1) is 17.1 Å². The fourth-order valence-electron chi connectivity index (χ4n) is 3.40. The van der Waals surface area contributed by atoms with Gasteiger partial charge in [-0.05, 0) is 24.5 Å². The van der Waals surface area contributed by atoms with E-state index in [1.807, 2.05) is 17.2 Å². The quantitative estimate of drug-likeness (QED) is 0.772. The number of amides is 2. The largest absolute Gasteiger partial charge is 0.356 e. The van der Waals surface area contributed by atoms with Gasteiger partial charge in [0, 0.05) is 43.8 Å². The van der Waals surface area contributed by atoms with Crippen molar-refractivity contribution in [2.75, 3.05) is 19.6 Å². The van der Waals surface area contributed by atoms with E-state index >= 15 is 0 Å². The van der Waals surface area contributed by atoms with Crippen LogP contribution < -0.4 is 5.32 Å². The van der Waals surface area contributed by atoms with E-state index in [4.69, 9.17) is 4.98 Å². The predicted molar refractivity (Wildman–Crippen MR) is 108 cm³/mol. The molecular formula is C21H26FN3O2S. The van der Waals surface area contributed by atoms with Gasteiger partial charge in [0.15, 0.2) is 0 Å². The Morgan fingerprint density at radius 2 is 2.18 bits per heavy atom. The van der Waals surface area contributed by atoms with Crippen molar-refractivity contribution < 1.29 is 14.0 Å². The highest BCUT2D eigenvalue weighted by Gasteiger charge is 2.27. The van der Waals surface area contributed by atoms with Gasteiger partial charge in [-0.3, -0.25) is 9.59 Å². The predicted octanol–water partition coefficient (Wildman–Crippen LogP) is 3.30. The van der Waals surface area contributed by atoms with E-state index in [2.05, 4.69) is 5.32 Å². The minimum atomic E-state index is -0.330. The van der Waals surface area contributed by atoms with Crippen LogP contribution in [-0.4, -0.2) is 41.3 Å². The molecule has 3 rings (SSSR count). The van der Waals surface area contributed by atoms with Crippen LogP contribution in [-0.2, 0) is 22.4 Å². The van der Waals surface area contributed by atoms with E-state index in [1.54, 1.807) is 29.5 Å². The minimum absolute atomic E-state index is 0.0335. The standard InChI is InChI=1S/C21H26FN3O2S/c1-2-19(26)23-10-9-17-14-28-21(24-17)16-7-5-11-25(13-16)20(27)12-15-6-3-4-8-18(15)22/h3-4,6,8,14,16H,2,5,7,9-13H2,1H3,(H,23,26)/t16-/m1/s1. The van der Waals surface area contributed by atoms with E-state index in [1.165, 1.54) is 6.07 Å². The van der Waals surface area contributed by atoms with Gasteiger partial charge in [-0.25, -0.2) is 9.37 Å². The molecule has 1 aromatic heterocycles. The Morgan fingerprint density at radius 3 is 2.96 bits per heavy atom. The number of likely N-dealkylation sites (tertiary alicyclic amines) is 1. The average molecular weight is 404 g/mol. The first-order chi connectivity index (χ1) is 13.6. The molecule has 0 bridgehead atoms. The normalized spacial score (nSPS) is 16.8. The lowest BCUT2D eigenvalue weighted by Crippen LogP contribution is -2.40. The highest BCUT2D eigenvalue weighted by atomic mass is 32.1. The van der Waals surface area contributed by atoms with Crippen LogP contribution in [0.4, 0.5) is 4.39 Å². The smallest absolute Gasteiger partial charge is 0.227 e. The van der Waals surface area contributed by atoms with Gasteiger partial charge in [-0.15, -0.1) is 11.3 Å². The number of carbonyl (C=O) groups is 2. The monoisotopic (exact) mass is 403 g/mol. The number of nitrogens with one attached hydrogen (secondary N) is 1. The van der Waals surface area contributed by atoms with Crippen molar-refractivity contribution in [3.8, 4) is 0 Å². The second-order valence-electron chi connectivity index (χ2n) is 7.08. The number of thiazole rings is 1.